The number of esters is 1. The van der Waals surface area contributed by atoms with E-state index in [1.165, 1.54) is 26.6 Å². The first-order chi connectivity index (χ1) is 7.67. The third kappa shape index (κ3) is 4.10. The molecule has 0 amide bonds. The van der Waals surface area contributed by atoms with Crippen molar-refractivity contribution in [1.82, 2.24) is 10.2 Å². The first kappa shape index (κ1) is 13.5. The van der Waals surface area contributed by atoms with Gasteiger partial charge >= 0.3 is 5.97 Å². The molecule has 0 aromatic heterocycles. The molecule has 1 heterocycles. The van der Waals surface area contributed by atoms with Crippen molar-refractivity contribution in [2.24, 2.45) is 11.8 Å². The number of likely N-dealkylation sites (tertiary alicyclic amines) is 1. The fraction of sp³-hybridized carbons (Fsp3) is 0.917. The van der Waals surface area contributed by atoms with Crippen LogP contribution >= 0.6 is 0 Å². The molecule has 4 nitrogen and oxygen atoms in total. The molecule has 0 bridgehead atoms. The van der Waals surface area contributed by atoms with Gasteiger partial charge in [0.2, 0.25) is 0 Å². The topological polar surface area (TPSA) is 41.6 Å². The van der Waals surface area contributed by atoms with Crippen LogP contribution in [0.2, 0.25) is 0 Å². The van der Waals surface area contributed by atoms with E-state index in [1.54, 1.807) is 0 Å². The van der Waals surface area contributed by atoms with E-state index in [9.17, 15) is 4.79 Å². The second-order valence-corrected chi connectivity index (χ2v) is 4.63. The molecule has 0 aromatic rings. The Morgan fingerprint density at radius 3 is 2.94 bits per heavy atom. The Kier molecular flexibility index (Phi) is 5.77. The average Bonchev–Trinajstić information content (AvgIpc) is 2.75. The van der Waals surface area contributed by atoms with Gasteiger partial charge in [-0.3, -0.25) is 4.79 Å². The standard InChI is InChI=1S/C12H24N2O2/c1-4-14-6-5-11(9-14)8-13-7-10(2)12(15)16-3/h10-11,13H,4-9H2,1-3H3. The van der Waals surface area contributed by atoms with Gasteiger partial charge in [-0.2, -0.15) is 0 Å². The number of nitrogens with zero attached hydrogens (tertiary/aromatic N) is 1. The monoisotopic (exact) mass is 228 g/mol. The van der Waals surface area contributed by atoms with Gasteiger partial charge in [-0.1, -0.05) is 13.8 Å². The summed E-state index contributed by atoms with van der Waals surface area (Å²) < 4.78 is 4.68. The highest BCUT2D eigenvalue weighted by atomic mass is 16.5. The fourth-order valence-corrected chi connectivity index (χ4v) is 2.16. The lowest BCUT2D eigenvalue weighted by Gasteiger charge is -2.15. The number of nitrogens with one attached hydrogen (secondary N) is 1. The van der Waals surface area contributed by atoms with E-state index in [0.717, 1.165) is 25.6 Å². The molecule has 1 saturated heterocycles. The molecule has 2 unspecified atom stereocenters. The normalized spacial score (nSPS) is 23.3. The Labute approximate surface area is 98.3 Å². The zero-order chi connectivity index (χ0) is 12.0. The highest BCUT2D eigenvalue weighted by Gasteiger charge is 2.21. The molecule has 0 radical (unpaired) electrons. The fourth-order valence-electron chi connectivity index (χ4n) is 2.16. The molecule has 0 saturated carbocycles. The van der Waals surface area contributed by atoms with Gasteiger partial charge in [0.15, 0.2) is 0 Å². The Hall–Kier alpha value is -0.610. The summed E-state index contributed by atoms with van der Waals surface area (Å²) in [5.41, 5.74) is 0. The number of carbonyl (C=O) groups is 1. The van der Waals surface area contributed by atoms with Crippen LogP contribution in [0.1, 0.15) is 20.3 Å². The van der Waals surface area contributed by atoms with E-state index in [-0.39, 0.29) is 11.9 Å². The zero-order valence-corrected chi connectivity index (χ0v) is 10.7. The van der Waals surface area contributed by atoms with E-state index in [0.29, 0.717) is 0 Å². The number of rotatable bonds is 6. The summed E-state index contributed by atoms with van der Waals surface area (Å²) in [4.78, 5) is 13.6. The van der Waals surface area contributed by atoms with Crippen molar-refractivity contribution in [3.63, 3.8) is 0 Å². The minimum atomic E-state index is -0.130. The lowest BCUT2D eigenvalue weighted by molar-refractivity contribution is -0.144. The maximum atomic E-state index is 11.2. The van der Waals surface area contributed by atoms with Crippen LogP contribution in [-0.2, 0) is 9.53 Å². The molecular formula is C12H24N2O2. The quantitative estimate of drug-likeness (QED) is 0.680. The Balaban J connectivity index is 2.10. The number of methoxy groups -OCH3 is 1. The SMILES string of the molecule is CCN1CCC(CNCC(C)C(=O)OC)C1. The van der Waals surface area contributed by atoms with Crippen LogP contribution in [0.15, 0.2) is 0 Å². The van der Waals surface area contributed by atoms with Gasteiger partial charge in [-0.25, -0.2) is 0 Å². The largest absolute Gasteiger partial charge is 0.469 e. The molecule has 1 aliphatic heterocycles. The molecule has 1 rings (SSSR count). The Morgan fingerprint density at radius 1 is 1.62 bits per heavy atom. The molecule has 1 fully saturated rings. The highest BCUT2D eigenvalue weighted by Crippen LogP contribution is 2.14. The third-order valence-corrected chi connectivity index (χ3v) is 3.30. The maximum absolute atomic E-state index is 11.2. The summed E-state index contributed by atoms with van der Waals surface area (Å²) in [5, 5.41) is 3.36. The van der Waals surface area contributed by atoms with Gasteiger partial charge in [-0.05, 0) is 32.0 Å². The number of ether oxygens (including phenoxy) is 1. The van der Waals surface area contributed by atoms with Crippen molar-refractivity contribution < 1.29 is 9.53 Å². The van der Waals surface area contributed by atoms with E-state index >= 15 is 0 Å². The summed E-state index contributed by atoms with van der Waals surface area (Å²) in [6, 6.07) is 0. The number of hydrogen-bond donors (Lipinski definition) is 1. The first-order valence-electron chi connectivity index (χ1n) is 6.18. The Bertz CT molecular complexity index is 221. The molecule has 0 aliphatic carbocycles. The minimum absolute atomic E-state index is 0.0475. The molecule has 1 N–H and O–H groups in total. The summed E-state index contributed by atoms with van der Waals surface area (Å²) in [6.07, 6.45) is 1.27. The smallest absolute Gasteiger partial charge is 0.309 e. The van der Waals surface area contributed by atoms with E-state index in [4.69, 9.17) is 0 Å². The van der Waals surface area contributed by atoms with Crippen LogP contribution in [0.4, 0.5) is 0 Å². The maximum Gasteiger partial charge on any atom is 0.309 e. The number of carbonyl (C=O) groups excluding carboxylic acids is 1. The van der Waals surface area contributed by atoms with Crippen LogP contribution in [0.5, 0.6) is 0 Å². The van der Waals surface area contributed by atoms with Gasteiger partial charge in [0.25, 0.3) is 0 Å². The van der Waals surface area contributed by atoms with Crippen molar-refractivity contribution in [3.8, 4) is 0 Å². The molecule has 0 spiro atoms. The van der Waals surface area contributed by atoms with Gasteiger partial charge in [-0.15, -0.1) is 0 Å². The van der Waals surface area contributed by atoms with Crippen LogP contribution in [0.3, 0.4) is 0 Å². The van der Waals surface area contributed by atoms with E-state index < -0.39 is 0 Å². The van der Waals surface area contributed by atoms with Crippen molar-refractivity contribution in [3.05, 3.63) is 0 Å². The van der Waals surface area contributed by atoms with Gasteiger partial charge in [0, 0.05) is 13.1 Å². The summed E-state index contributed by atoms with van der Waals surface area (Å²) in [7, 11) is 1.44. The van der Waals surface area contributed by atoms with Crippen molar-refractivity contribution in [2.45, 2.75) is 20.3 Å². The van der Waals surface area contributed by atoms with Crippen molar-refractivity contribution in [1.29, 1.82) is 0 Å². The molecule has 0 aromatic carbocycles. The summed E-state index contributed by atoms with van der Waals surface area (Å²) in [6.45, 7) is 9.38. The highest BCUT2D eigenvalue weighted by molar-refractivity contribution is 5.71. The molecule has 94 valence electrons. The molecular weight excluding hydrogens is 204 g/mol. The second kappa shape index (κ2) is 6.86. The van der Waals surface area contributed by atoms with Crippen LogP contribution in [0.25, 0.3) is 0 Å². The third-order valence-electron chi connectivity index (χ3n) is 3.30. The summed E-state index contributed by atoms with van der Waals surface area (Å²) >= 11 is 0. The lowest BCUT2D eigenvalue weighted by atomic mass is 10.1. The first-order valence-corrected chi connectivity index (χ1v) is 6.18. The van der Waals surface area contributed by atoms with Gasteiger partial charge < -0.3 is 15.0 Å². The average molecular weight is 228 g/mol. The van der Waals surface area contributed by atoms with Crippen LogP contribution in [-0.4, -0.2) is 50.7 Å². The lowest BCUT2D eigenvalue weighted by Crippen LogP contribution is -2.32. The van der Waals surface area contributed by atoms with E-state index in [1.807, 2.05) is 6.92 Å². The predicted molar refractivity (Wildman–Crippen MR) is 64.3 cm³/mol. The van der Waals surface area contributed by atoms with Crippen LogP contribution in [0, 0.1) is 11.8 Å². The molecule has 2 atom stereocenters. The van der Waals surface area contributed by atoms with Crippen LogP contribution < -0.4 is 5.32 Å². The van der Waals surface area contributed by atoms with Crippen molar-refractivity contribution in [2.75, 3.05) is 39.8 Å². The minimum Gasteiger partial charge on any atom is -0.469 e. The second-order valence-electron chi connectivity index (χ2n) is 4.63. The molecule has 16 heavy (non-hydrogen) atoms. The van der Waals surface area contributed by atoms with Gasteiger partial charge in [0.05, 0.1) is 13.0 Å². The Morgan fingerprint density at radius 2 is 2.38 bits per heavy atom. The van der Waals surface area contributed by atoms with Crippen molar-refractivity contribution >= 4 is 5.97 Å². The summed E-state index contributed by atoms with van der Waals surface area (Å²) in [5.74, 6) is 0.563. The van der Waals surface area contributed by atoms with Gasteiger partial charge in [0.1, 0.15) is 0 Å². The van der Waals surface area contributed by atoms with E-state index in [2.05, 4.69) is 21.9 Å². The molecule has 1 aliphatic rings. The molecule has 4 heteroatoms. The number of hydrogen-bond acceptors (Lipinski definition) is 4. The predicted octanol–water partition coefficient (Wildman–Crippen LogP) is 0.727. The zero-order valence-electron chi connectivity index (χ0n) is 10.7.